The van der Waals surface area contributed by atoms with Crippen molar-refractivity contribution in [3.63, 3.8) is 0 Å². The standard InChI is InChI=1S/C14H21N5OS/c1-4-18-10(7-5-6-8-15)19-12(21)11(9(2)16)14(3)13(17)20-14/h5,7,11,13,16H,4,6,17H2,1-3H3,(H,18,19,21)/b7-5-,16-9?. The average Bonchev–Trinajstić information content (AvgIpc) is 2.97. The molecule has 3 atom stereocenters. The second-order valence-electron chi connectivity index (χ2n) is 4.95. The number of hydrogen-bond donors (Lipinski definition) is 3. The molecule has 1 fully saturated rings. The van der Waals surface area contributed by atoms with Crippen molar-refractivity contribution in [3.8, 4) is 6.07 Å². The van der Waals surface area contributed by atoms with E-state index in [1.165, 1.54) is 0 Å². The summed E-state index contributed by atoms with van der Waals surface area (Å²) in [6.45, 7) is 6.02. The molecule has 21 heavy (non-hydrogen) atoms. The zero-order valence-electron chi connectivity index (χ0n) is 12.5. The van der Waals surface area contributed by atoms with Crippen molar-refractivity contribution in [1.29, 1.82) is 10.7 Å². The lowest BCUT2D eigenvalue weighted by atomic mass is 9.89. The van der Waals surface area contributed by atoms with Gasteiger partial charge in [0.1, 0.15) is 17.7 Å². The number of ether oxygens (including phenoxy) is 1. The van der Waals surface area contributed by atoms with E-state index in [2.05, 4.69) is 10.3 Å². The third kappa shape index (κ3) is 4.43. The molecule has 0 bridgehead atoms. The molecule has 1 aliphatic rings. The van der Waals surface area contributed by atoms with E-state index in [-0.39, 0.29) is 0 Å². The van der Waals surface area contributed by atoms with Gasteiger partial charge in [-0.3, -0.25) is 4.99 Å². The quantitative estimate of drug-likeness (QED) is 0.298. The molecule has 3 unspecified atom stereocenters. The van der Waals surface area contributed by atoms with E-state index in [4.69, 9.17) is 33.4 Å². The van der Waals surface area contributed by atoms with Crippen LogP contribution in [0.15, 0.2) is 17.1 Å². The predicted octanol–water partition coefficient (Wildman–Crippen LogP) is 1.52. The number of thiocarbonyl (C=S) groups is 1. The lowest BCUT2D eigenvalue weighted by Gasteiger charge is -2.22. The van der Waals surface area contributed by atoms with Crippen LogP contribution in [-0.2, 0) is 4.74 Å². The van der Waals surface area contributed by atoms with Crippen LogP contribution in [0.2, 0.25) is 0 Å². The fourth-order valence-electron chi connectivity index (χ4n) is 2.08. The van der Waals surface area contributed by atoms with E-state index < -0.39 is 17.7 Å². The third-order valence-corrected chi connectivity index (χ3v) is 3.56. The first-order valence-corrected chi connectivity index (χ1v) is 7.14. The molecular weight excluding hydrogens is 286 g/mol. The second kappa shape index (κ2) is 7.41. The molecule has 7 heteroatoms. The van der Waals surface area contributed by atoms with Crippen molar-refractivity contribution in [1.82, 2.24) is 5.32 Å². The summed E-state index contributed by atoms with van der Waals surface area (Å²) in [6.07, 6.45) is 3.31. The minimum atomic E-state index is -0.635. The van der Waals surface area contributed by atoms with Crippen LogP contribution in [0.1, 0.15) is 27.2 Å². The Balaban J connectivity index is 2.83. The minimum Gasteiger partial charge on any atom is -0.349 e. The Morgan fingerprint density at radius 3 is 2.76 bits per heavy atom. The van der Waals surface area contributed by atoms with Crippen molar-refractivity contribution in [3.05, 3.63) is 12.2 Å². The Labute approximate surface area is 130 Å². The summed E-state index contributed by atoms with van der Waals surface area (Å²) in [5.74, 6) is 0.177. The second-order valence-corrected chi connectivity index (χ2v) is 5.39. The van der Waals surface area contributed by atoms with E-state index in [0.717, 1.165) is 0 Å². The summed E-state index contributed by atoms with van der Waals surface area (Å²) < 4.78 is 5.40. The number of nitrogens with one attached hydrogen (secondary N) is 2. The number of aliphatic imine (C=N–C) groups is 1. The zero-order valence-corrected chi connectivity index (χ0v) is 13.3. The summed E-state index contributed by atoms with van der Waals surface area (Å²) in [5, 5.41) is 19.5. The molecule has 1 heterocycles. The fraction of sp³-hybridized carbons (Fsp3) is 0.571. The van der Waals surface area contributed by atoms with Crippen LogP contribution < -0.4 is 11.1 Å². The van der Waals surface area contributed by atoms with E-state index >= 15 is 0 Å². The van der Waals surface area contributed by atoms with E-state index in [0.29, 0.717) is 29.5 Å². The first-order valence-electron chi connectivity index (χ1n) is 6.74. The van der Waals surface area contributed by atoms with Gasteiger partial charge in [0.2, 0.25) is 0 Å². The van der Waals surface area contributed by atoms with Gasteiger partial charge >= 0.3 is 0 Å². The summed E-state index contributed by atoms with van der Waals surface area (Å²) in [7, 11) is 0. The van der Waals surface area contributed by atoms with Crippen molar-refractivity contribution in [2.24, 2.45) is 16.6 Å². The zero-order chi connectivity index (χ0) is 16.0. The van der Waals surface area contributed by atoms with Gasteiger partial charge in [-0.2, -0.15) is 5.26 Å². The lowest BCUT2D eigenvalue weighted by Crippen LogP contribution is -2.44. The van der Waals surface area contributed by atoms with Crippen molar-refractivity contribution in [2.75, 3.05) is 6.54 Å². The van der Waals surface area contributed by atoms with Crippen LogP contribution in [0.25, 0.3) is 0 Å². The molecule has 0 aromatic carbocycles. The molecule has 4 N–H and O–H groups in total. The van der Waals surface area contributed by atoms with Gasteiger partial charge in [-0.05, 0) is 26.8 Å². The lowest BCUT2D eigenvalue weighted by molar-refractivity contribution is 0.296. The maximum atomic E-state index is 8.55. The third-order valence-electron chi connectivity index (χ3n) is 3.22. The first-order chi connectivity index (χ1) is 9.86. The van der Waals surface area contributed by atoms with Crippen LogP contribution in [-0.4, -0.2) is 34.9 Å². The maximum Gasteiger partial charge on any atom is 0.136 e. The maximum absolute atomic E-state index is 8.55. The number of hydrogen-bond acceptors (Lipinski definition) is 6. The Kier molecular flexibility index (Phi) is 6.15. The van der Waals surface area contributed by atoms with E-state index in [1.54, 1.807) is 19.1 Å². The molecule has 0 radical (unpaired) electrons. The summed E-state index contributed by atoms with van der Waals surface area (Å²) in [4.78, 5) is 4.73. The molecule has 0 amide bonds. The van der Waals surface area contributed by atoms with Crippen LogP contribution in [0.5, 0.6) is 0 Å². The predicted molar refractivity (Wildman–Crippen MR) is 87.4 cm³/mol. The normalized spacial score (nSPS) is 26.2. The molecule has 1 rings (SSSR count). The number of amidine groups is 1. The molecule has 0 saturated carbocycles. The topological polar surface area (TPSA) is 111 Å². The fourth-order valence-corrected chi connectivity index (χ4v) is 2.60. The highest BCUT2D eigenvalue weighted by Gasteiger charge is 2.58. The summed E-state index contributed by atoms with van der Waals surface area (Å²) in [6, 6.07) is 2.03. The molecular formula is C14H21N5OS. The molecule has 0 aliphatic carbocycles. The Hall–Kier alpha value is -1.62. The highest BCUT2D eigenvalue weighted by atomic mass is 32.1. The number of nitriles is 1. The average molecular weight is 307 g/mol. The largest absolute Gasteiger partial charge is 0.349 e. The first kappa shape index (κ1) is 17.4. The van der Waals surface area contributed by atoms with Gasteiger partial charge in [-0.15, -0.1) is 0 Å². The smallest absolute Gasteiger partial charge is 0.136 e. The van der Waals surface area contributed by atoms with E-state index in [9.17, 15) is 0 Å². The van der Waals surface area contributed by atoms with Crippen LogP contribution in [0, 0.1) is 22.7 Å². The highest BCUT2D eigenvalue weighted by Crippen LogP contribution is 2.40. The SMILES string of the molecule is CCN=C(/C=C\CC#N)NC(=S)C(C(C)=N)C1(C)OC1N. The van der Waals surface area contributed by atoms with Crippen LogP contribution in [0.3, 0.4) is 0 Å². The van der Waals surface area contributed by atoms with Crippen molar-refractivity contribution < 1.29 is 4.74 Å². The summed E-state index contributed by atoms with van der Waals surface area (Å²) >= 11 is 5.39. The van der Waals surface area contributed by atoms with Crippen molar-refractivity contribution in [2.45, 2.75) is 39.0 Å². The van der Waals surface area contributed by atoms with Gasteiger partial charge < -0.3 is 21.2 Å². The van der Waals surface area contributed by atoms with Crippen molar-refractivity contribution >= 4 is 28.8 Å². The van der Waals surface area contributed by atoms with Gasteiger partial charge in [0.15, 0.2) is 0 Å². The van der Waals surface area contributed by atoms with Gasteiger partial charge in [0, 0.05) is 12.3 Å². The molecule has 1 aliphatic heterocycles. The monoisotopic (exact) mass is 307 g/mol. The Morgan fingerprint density at radius 1 is 1.71 bits per heavy atom. The number of rotatable bonds is 6. The van der Waals surface area contributed by atoms with Crippen LogP contribution in [0.4, 0.5) is 0 Å². The molecule has 0 aromatic rings. The van der Waals surface area contributed by atoms with Gasteiger partial charge in [0.05, 0.1) is 23.4 Å². The Morgan fingerprint density at radius 2 is 2.33 bits per heavy atom. The van der Waals surface area contributed by atoms with E-state index in [1.807, 2.05) is 19.9 Å². The molecule has 114 valence electrons. The number of nitrogens with two attached hydrogens (primary N) is 1. The number of nitrogens with zero attached hydrogens (tertiary/aromatic N) is 2. The molecule has 1 saturated heterocycles. The van der Waals surface area contributed by atoms with Gasteiger partial charge in [-0.25, -0.2) is 0 Å². The molecule has 6 nitrogen and oxygen atoms in total. The minimum absolute atomic E-state index is 0.301. The van der Waals surface area contributed by atoms with Crippen LogP contribution >= 0.6 is 12.2 Å². The van der Waals surface area contributed by atoms with Gasteiger partial charge in [0.25, 0.3) is 0 Å². The molecule has 0 aromatic heterocycles. The number of allylic oxidation sites excluding steroid dienone is 1. The number of epoxide rings is 1. The molecule has 0 spiro atoms. The summed E-state index contributed by atoms with van der Waals surface area (Å²) in [5.41, 5.74) is 5.53. The Bertz CT molecular complexity index is 522. The van der Waals surface area contributed by atoms with Gasteiger partial charge in [-0.1, -0.05) is 18.3 Å². The highest BCUT2D eigenvalue weighted by molar-refractivity contribution is 7.80.